The molecule has 0 saturated carbocycles. The fraction of sp³-hybridized carbons (Fsp3) is 0.438. The Morgan fingerprint density at radius 1 is 1.26 bits per heavy atom. The Bertz CT molecular complexity index is 667. The lowest BCUT2D eigenvalue weighted by molar-refractivity contribution is -0.135. The Morgan fingerprint density at radius 3 is 2.61 bits per heavy atom. The van der Waals surface area contributed by atoms with Crippen LogP contribution in [-0.4, -0.2) is 60.8 Å². The smallest absolute Gasteiger partial charge is 0.239 e. The number of carbonyl (C=O) groups excluding carboxylic acids is 2. The van der Waals surface area contributed by atoms with E-state index in [0.717, 1.165) is 15.2 Å². The van der Waals surface area contributed by atoms with Gasteiger partial charge in [-0.05, 0) is 26.1 Å². The van der Waals surface area contributed by atoms with E-state index in [1.807, 2.05) is 43.1 Å². The predicted molar refractivity (Wildman–Crippen MR) is 92.4 cm³/mol. The molecule has 2 aromatic rings. The summed E-state index contributed by atoms with van der Waals surface area (Å²) < 4.78 is 1.14. The number of nitrogens with one attached hydrogen (secondary N) is 1. The van der Waals surface area contributed by atoms with Crippen molar-refractivity contribution in [2.75, 3.05) is 34.2 Å². The highest BCUT2D eigenvalue weighted by atomic mass is 32.1. The van der Waals surface area contributed by atoms with Gasteiger partial charge in [0.25, 0.3) is 0 Å². The molecule has 0 spiro atoms. The van der Waals surface area contributed by atoms with Crippen LogP contribution < -0.4 is 5.32 Å². The molecule has 1 aromatic carbocycles. The molecule has 124 valence electrons. The van der Waals surface area contributed by atoms with Crippen LogP contribution in [0.2, 0.25) is 0 Å². The topological polar surface area (TPSA) is 65.5 Å². The minimum absolute atomic E-state index is 0.0322. The van der Waals surface area contributed by atoms with Crippen LogP contribution in [0.1, 0.15) is 18.0 Å². The van der Waals surface area contributed by atoms with Gasteiger partial charge in [-0.25, -0.2) is 4.98 Å². The first-order chi connectivity index (χ1) is 10.9. The standard InChI is InChI=1S/C16H22N4O2S/c1-11(16-18-12-7-5-6-8-13(12)23-16)19(3)10-15(22)20(4)9-14(21)17-2/h5-8,11H,9-10H2,1-4H3,(H,17,21)/t11-/m1/s1. The molecule has 7 heteroatoms. The quantitative estimate of drug-likeness (QED) is 0.869. The van der Waals surface area contributed by atoms with Crippen molar-refractivity contribution in [2.45, 2.75) is 13.0 Å². The second-order valence-corrected chi connectivity index (χ2v) is 6.60. The summed E-state index contributed by atoms with van der Waals surface area (Å²) in [5.74, 6) is -0.271. The van der Waals surface area contributed by atoms with Crippen LogP contribution in [0.5, 0.6) is 0 Å². The van der Waals surface area contributed by atoms with Crippen LogP contribution in [0, 0.1) is 0 Å². The summed E-state index contributed by atoms with van der Waals surface area (Å²) in [6.45, 7) is 2.34. The summed E-state index contributed by atoms with van der Waals surface area (Å²) in [4.78, 5) is 31.6. The van der Waals surface area contributed by atoms with Crippen LogP contribution in [0.4, 0.5) is 0 Å². The van der Waals surface area contributed by atoms with Crippen LogP contribution >= 0.6 is 11.3 Å². The van der Waals surface area contributed by atoms with Crippen molar-refractivity contribution in [3.63, 3.8) is 0 Å². The van der Waals surface area contributed by atoms with E-state index in [0.29, 0.717) is 0 Å². The number of fused-ring (bicyclic) bond motifs is 1. The van der Waals surface area contributed by atoms with Gasteiger partial charge in [-0.2, -0.15) is 0 Å². The number of rotatable bonds is 6. The number of nitrogens with zero attached hydrogens (tertiary/aromatic N) is 3. The highest BCUT2D eigenvalue weighted by molar-refractivity contribution is 7.18. The SMILES string of the molecule is CNC(=O)CN(C)C(=O)CN(C)[C@H](C)c1nc2ccccc2s1. The molecule has 0 aliphatic heterocycles. The molecule has 1 heterocycles. The Morgan fingerprint density at radius 2 is 1.96 bits per heavy atom. The van der Waals surface area contributed by atoms with Crippen molar-refractivity contribution in [1.29, 1.82) is 0 Å². The third kappa shape index (κ3) is 4.27. The van der Waals surface area contributed by atoms with E-state index in [1.54, 1.807) is 25.4 Å². The largest absolute Gasteiger partial charge is 0.358 e. The second-order valence-electron chi connectivity index (χ2n) is 5.53. The number of para-hydroxylation sites is 1. The molecule has 23 heavy (non-hydrogen) atoms. The summed E-state index contributed by atoms with van der Waals surface area (Å²) in [5.41, 5.74) is 0.982. The zero-order valence-corrected chi connectivity index (χ0v) is 14.7. The zero-order chi connectivity index (χ0) is 17.0. The van der Waals surface area contributed by atoms with E-state index < -0.39 is 0 Å². The number of carbonyl (C=O) groups is 2. The van der Waals surface area contributed by atoms with Gasteiger partial charge in [0, 0.05) is 14.1 Å². The summed E-state index contributed by atoms with van der Waals surface area (Å²) in [6, 6.07) is 8.04. The predicted octanol–water partition coefficient (Wildman–Crippen LogP) is 1.49. The first kappa shape index (κ1) is 17.4. The van der Waals surface area contributed by atoms with E-state index in [4.69, 9.17) is 0 Å². The summed E-state index contributed by atoms with van der Waals surface area (Å²) in [5, 5.41) is 3.49. The average molecular weight is 334 g/mol. The first-order valence-electron chi connectivity index (χ1n) is 7.42. The molecule has 1 aromatic heterocycles. The van der Waals surface area contributed by atoms with Gasteiger partial charge < -0.3 is 10.2 Å². The fourth-order valence-corrected chi connectivity index (χ4v) is 3.20. The third-order valence-corrected chi connectivity index (χ3v) is 5.01. The molecule has 1 N–H and O–H groups in total. The number of thiazole rings is 1. The van der Waals surface area contributed by atoms with Crippen molar-refractivity contribution < 1.29 is 9.59 Å². The maximum absolute atomic E-state index is 12.2. The minimum atomic E-state index is -0.178. The maximum Gasteiger partial charge on any atom is 0.239 e. The maximum atomic E-state index is 12.2. The van der Waals surface area contributed by atoms with Gasteiger partial charge in [-0.3, -0.25) is 14.5 Å². The molecule has 0 unspecified atom stereocenters. The molecular weight excluding hydrogens is 312 g/mol. The lowest BCUT2D eigenvalue weighted by Gasteiger charge is -2.25. The normalized spacial score (nSPS) is 12.4. The summed E-state index contributed by atoms with van der Waals surface area (Å²) in [6.07, 6.45) is 0. The molecule has 0 fully saturated rings. The lowest BCUT2D eigenvalue weighted by Crippen LogP contribution is -2.42. The van der Waals surface area contributed by atoms with Crippen molar-refractivity contribution in [2.24, 2.45) is 0 Å². The van der Waals surface area contributed by atoms with Gasteiger partial charge in [0.2, 0.25) is 11.8 Å². The molecule has 0 aliphatic carbocycles. The van der Waals surface area contributed by atoms with Crippen LogP contribution in [0.15, 0.2) is 24.3 Å². The van der Waals surface area contributed by atoms with Crippen molar-refractivity contribution in [3.8, 4) is 0 Å². The number of aromatic nitrogens is 1. The van der Waals surface area contributed by atoms with E-state index in [-0.39, 0.29) is 30.9 Å². The molecule has 2 amide bonds. The van der Waals surface area contributed by atoms with E-state index in [1.165, 1.54) is 4.90 Å². The summed E-state index contributed by atoms with van der Waals surface area (Å²) >= 11 is 1.64. The summed E-state index contributed by atoms with van der Waals surface area (Å²) in [7, 11) is 5.08. The van der Waals surface area contributed by atoms with Gasteiger partial charge in [0.1, 0.15) is 5.01 Å². The minimum Gasteiger partial charge on any atom is -0.358 e. The molecule has 2 rings (SSSR count). The third-order valence-electron chi connectivity index (χ3n) is 3.80. The molecule has 0 aliphatic rings. The van der Waals surface area contributed by atoms with Crippen LogP contribution in [0.3, 0.4) is 0 Å². The number of hydrogen-bond acceptors (Lipinski definition) is 5. The van der Waals surface area contributed by atoms with Crippen LogP contribution in [0.25, 0.3) is 10.2 Å². The highest BCUT2D eigenvalue weighted by Crippen LogP contribution is 2.28. The Labute approximate surface area is 140 Å². The number of likely N-dealkylation sites (N-methyl/N-ethyl adjacent to an activating group) is 3. The van der Waals surface area contributed by atoms with E-state index in [9.17, 15) is 9.59 Å². The highest BCUT2D eigenvalue weighted by Gasteiger charge is 2.20. The molecular formula is C16H22N4O2S. The van der Waals surface area contributed by atoms with Crippen molar-refractivity contribution >= 4 is 33.4 Å². The molecule has 1 atom stereocenters. The molecule has 0 radical (unpaired) electrons. The Kier molecular flexibility index (Phi) is 5.68. The molecule has 0 saturated heterocycles. The van der Waals surface area contributed by atoms with Crippen molar-refractivity contribution in [3.05, 3.63) is 29.3 Å². The lowest BCUT2D eigenvalue weighted by atomic mass is 10.3. The van der Waals surface area contributed by atoms with Gasteiger partial charge in [-0.1, -0.05) is 12.1 Å². The van der Waals surface area contributed by atoms with Gasteiger partial charge in [0.15, 0.2) is 0 Å². The van der Waals surface area contributed by atoms with Crippen molar-refractivity contribution in [1.82, 2.24) is 20.1 Å². The second kappa shape index (κ2) is 7.52. The molecule has 6 nitrogen and oxygen atoms in total. The van der Waals surface area contributed by atoms with Gasteiger partial charge in [0.05, 0.1) is 29.3 Å². The van der Waals surface area contributed by atoms with E-state index in [2.05, 4.69) is 10.3 Å². The monoisotopic (exact) mass is 334 g/mol. The Balaban J connectivity index is 2.00. The number of hydrogen-bond donors (Lipinski definition) is 1. The number of benzene rings is 1. The van der Waals surface area contributed by atoms with Crippen LogP contribution in [-0.2, 0) is 9.59 Å². The fourth-order valence-electron chi connectivity index (χ4n) is 2.11. The van der Waals surface area contributed by atoms with E-state index >= 15 is 0 Å². The Hall–Kier alpha value is -1.99. The first-order valence-corrected chi connectivity index (χ1v) is 8.24. The average Bonchev–Trinajstić information content (AvgIpc) is 2.97. The van der Waals surface area contributed by atoms with Gasteiger partial charge >= 0.3 is 0 Å². The molecule has 0 bridgehead atoms. The van der Waals surface area contributed by atoms with Gasteiger partial charge in [-0.15, -0.1) is 11.3 Å². The number of amides is 2. The zero-order valence-electron chi connectivity index (χ0n) is 13.9.